The molecule has 0 heterocycles. The van der Waals surface area contributed by atoms with E-state index in [-0.39, 0.29) is 25.5 Å². The molecule has 3 rings (SSSR count). The number of halogens is 1. The van der Waals surface area contributed by atoms with E-state index in [0.717, 1.165) is 11.3 Å². The summed E-state index contributed by atoms with van der Waals surface area (Å²) < 4.78 is 23.0. The molecule has 1 amide bonds. The van der Waals surface area contributed by atoms with Gasteiger partial charge in [0.15, 0.2) is 11.5 Å². The van der Waals surface area contributed by atoms with Gasteiger partial charge in [0.2, 0.25) is 5.91 Å². The van der Waals surface area contributed by atoms with Crippen LogP contribution in [-0.2, 0) is 11.2 Å². The maximum absolute atomic E-state index is 12.8. The molecule has 1 aliphatic rings. The molecule has 4 N–H and O–H groups in total. The number of rotatable bonds is 13. The number of methoxy groups -OCH3 is 3. The number of nitrogens with one attached hydrogen (secondary N) is 2. The molecule has 206 valence electrons. The molecule has 0 radical (unpaired) electrons. The Morgan fingerprint density at radius 2 is 1.87 bits per heavy atom. The SMILES string of the molecule is COc1ccc(OC)c(CCNC2CC(C(=O)NCCO)=CC(Oc3c(I)cc(C=O)cc3OC)C2O)c1. The summed E-state index contributed by atoms with van der Waals surface area (Å²) in [5.41, 5.74) is 1.78. The van der Waals surface area contributed by atoms with Crippen molar-refractivity contribution in [2.45, 2.75) is 31.1 Å². The molecule has 1 aliphatic carbocycles. The molecular weight excluding hydrogens is 607 g/mol. The van der Waals surface area contributed by atoms with Crippen molar-refractivity contribution in [3.05, 3.63) is 56.7 Å². The van der Waals surface area contributed by atoms with Gasteiger partial charge < -0.3 is 39.8 Å². The molecule has 38 heavy (non-hydrogen) atoms. The molecule has 0 aliphatic heterocycles. The number of ether oxygens (including phenoxy) is 4. The summed E-state index contributed by atoms with van der Waals surface area (Å²) in [6, 6.07) is 8.25. The fraction of sp³-hybridized carbons (Fsp3) is 0.407. The van der Waals surface area contributed by atoms with Crippen molar-refractivity contribution in [1.29, 1.82) is 0 Å². The molecule has 2 aromatic carbocycles. The number of aliphatic hydroxyl groups excluding tert-OH is 2. The molecule has 0 fully saturated rings. The summed E-state index contributed by atoms with van der Waals surface area (Å²) in [5, 5.41) is 26.4. The summed E-state index contributed by atoms with van der Waals surface area (Å²) in [7, 11) is 4.66. The predicted octanol–water partition coefficient (Wildman–Crippen LogP) is 1.88. The molecule has 0 aromatic heterocycles. The van der Waals surface area contributed by atoms with Crippen LogP contribution in [0, 0.1) is 3.57 Å². The van der Waals surface area contributed by atoms with Crippen LogP contribution in [0.3, 0.4) is 0 Å². The fourth-order valence-corrected chi connectivity index (χ4v) is 4.98. The van der Waals surface area contributed by atoms with Crippen molar-refractivity contribution in [2.24, 2.45) is 0 Å². The molecule has 3 unspecified atom stereocenters. The largest absolute Gasteiger partial charge is 0.497 e. The van der Waals surface area contributed by atoms with Gasteiger partial charge in [0.25, 0.3) is 0 Å². The van der Waals surface area contributed by atoms with Crippen molar-refractivity contribution in [2.75, 3.05) is 41.0 Å². The monoisotopic (exact) mass is 640 g/mol. The molecule has 3 atom stereocenters. The van der Waals surface area contributed by atoms with Crippen LogP contribution in [0.5, 0.6) is 23.0 Å². The Labute approximate surface area is 235 Å². The lowest BCUT2D eigenvalue weighted by Crippen LogP contribution is -2.52. The fourth-order valence-electron chi connectivity index (χ4n) is 4.23. The minimum Gasteiger partial charge on any atom is -0.497 e. The zero-order valence-electron chi connectivity index (χ0n) is 21.5. The highest BCUT2D eigenvalue weighted by molar-refractivity contribution is 14.1. The maximum Gasteiger partial charge on any atom is 0.247 e. The van der Waals surface area contributed by atoms with E-state index >= 15 is 0 Å². The Morgan fingerprint density at radius 3 is 2.53 bits per heavy atom. The second kappa shape index (κ2) is 14.3. The minimum atomic E-state index is -0.997. The van der Waals surface area contributed by atoms with Crippen molar-refractivity contribution < 1.29 is 38.7 Å². The van der Waals surface area contributed by atoms with Gasteiger partial charge in [-0.1, -0.05) is 0 Å². The average molecular weight is 640 g/mol. The van der Waals surface area contributed by atoms with Gasteiger partial charge in [-0.25, -0.2) is 0 Å². The lowest BCUT2D eigenvalue weighted by atomic mass is 9.89. The number of hydrogen-bond acceptors (Lipinski definition) is 9. The van der Waals surface area contributed by atoms with Crippen LogP contribution in [0.4, 0.5) is 0 Å². The van der Waals surface area contributed by atoms with Crippen LogP contribution in [0.2, 0.25) is 0 Å². The molecular formula is C27H33IN2O8. The van der Waals surface area contributed by atoms with Crippen LogP contribution in [-0.4, -0.2) is 81.7 Å². The van der Waals surface area contributed by atoms with E-state index in [2.05, 4.69) is 10.6 Å². The topological polar surface area (TPSA) is 136 Å². The molecule has 10 nitrogen and oxygen atoms in total. The first-order chi connectivity index (χ1) is 18.3. The van der Waals surface area contributed by atoms with E-state index in [1.807, 2.05) is 40.8 Å². The second-order valence-corrected chi connectivity index (χ2v) is 9.75. The molecule has 2 aromatic rings. The Hall–Kier alpha value is -2.87. The molecule has 0 spiro atoms. The first kappa shape index (κ1) is 29.7. The smallest absolute Gasteiger partial charge is 0.247 e. The van der Waals surface area contributed by atoms with Gasteiger partial charge in [0.05, 0.1) is 31.5 Å². The van der Waals surface area contributed by atoms with E-state index in [9.17, 15) is 14.7 Å². The zero-order chi connectivity index (χ0) is 27.7. The maximum atomic E-state index is 12.8. The van der Waals surface area contributed by atoms with E-state index in [4.69, 9.17) is 24.1 Å². The van der Waals surface area contributed by atoms with E-state index in [1.54, 1.807) is 32.4 Å². The molecule has 0 saturated carbocycles. The second-order valence-electron chi connectivity index (χ2n) is 8.59. The predicted molar refractivity (Wildman–Crippen MR) is 149 cm³/mol. The van der Waals surface area contributed by atoms with Gasteiger partial charge in [-0.15, -0.1) is 0 Å². The van der Waals surface area contributed by atoms with Crippen LogP contribution >= 0.6 is 22.6 Å². The highest BCUT2D eigenvalue weighted by Crippen LogP contribution is 2.36. The summed E-state index contributed by atoms with van der Waals surface area (Å²) in [6.07, 6.45) is 1.26. The number of aliphatic hydroxyl groups is 2. The van der Waals surface area contributed by atoms with Gasteiger partial charge in [-0.2, -0.15) is 0 Å². The molecule has 11 heteroatoms. The first-order valence-electron chi connectivity index (χ1n) is 12.1. The number of aldehydes is 1. The van der Waals surface area contributed by atoms with Gasteiger partial charge in [-0.3, -0.25) is 9.59 Å². The Kier molecular flexibility index (Phi) is 11.2. The van der Waals surface area contributed by atoms with Crippen molar-refractivity contribution in [3.63, 3.8) is 0 Å². The standard InChI is InChI=1S/C27H33IN2O8/c1-35-19-4-5-22(36-2)17(12-19)6-7-29-21-13-18(27(34)30-8-9-31)14-23(25(21)33)38-26-20(28)10-16(15-32)11-24(26)37-3/h4-5,10-12,14-15,21,23,25,29,31,33H,6-9,13H2,1-3H3,(H,30,34). The number of amides is 1. The lowest BCUT2D eigenvalue weighted by molar-refractivity contribution is -0.118. The molecule has 0 bridgehead atoms. The highest BCUT2D eigenvalue weighted by Gasteiger charge is 2.36. The van der Waals surface area contributed by atoms with Gasteiger partial charge in [-0.05, 0) is 83.9 Å². The van der Waals surface area contributed by atoms with Gasteiger partial charge >= 0.3 is 0 Å². The first-order valence-corrected chi connectivity index (χ1v) is 13.1. The quantitative estimate of drug-likeness (QED) is 0.191. The van der Waals surface area contributed by atoms with E-state index < -0.39 is 18.2 Å². The van der Waals surface area contributed by atoms with Crippen LogP contribution < -0.4 is 29.6 Å². The highest BCUT2D eigenvalue weighted by atomic mass is 127. The van der Waals surface area contributed by atoms with Crippen molar-refractivity contribution in [1.82, 2.24) is 10.6 Å². The summed E-state index contributed by atoms with van der Waals surface area (Å²) in [6.45, 7) is 0.402. The van der Waals surface area contributed by atoms with Gasteiger partial charge in [0, 0.05) is 23.7 Å². The average Bonchev–Trinajstić information content (AvgIpc) is 2.93. The summed E-state index contributed by atoms with van der Waals surface area (Å²) in [5.74, 6) is 1.78. The molecule has 0 saturated heterocycles. The van der Waals surface area contributed by atoms with Gasteiger partial charge in [0.1, 0.15) is 30.0 Å². The summed E-state index contributed by atoms with van der Waals surface area (Å²) in [4.78, 5) is 24.1. The van der Waals surface area contributed by atoms with Crippen LogP contribution in [0.25, 0.3) is 0 Å². The zero-order valence-corrected chi connectivity index (χ0v) is 23.7. The Balaban J connectivity index is 1.82. The van der Waals surface area contributed by atoms with E-state index in [0.29, 0.717) is 51.2 Å². The third kappa shape index (κ3) is 7.37. The third-order valence-electron chi connectivity index (χ3n) is 6.17. The normalized spacial score (nSPS) is 18.8. The van der Waals surface area contributed by atoms with Crippen molar-refractivity contribution >= 4 is 34.8 Å². The lowest BCUT2D eigenvalue weighted by Gasteiger charge is -2.34. The van der Waals surface area contributed by atoms with Crippen molar-refractivity contribution in [3.8, 4) is 23.0 Å². The number of carbonyl (C=O) groups is 2. The third-order valence-corrected chi connectivity index (χ3v) is 6.97. The van der Waals surface area contributed by atoms with E-state index in [1.165, 1.54) is 7.11 Å². The number of benzene rings is 2. The number of carbonyl (C=O) groups excluding carboxylic acids is 2. The Bertz CT molecular complexity index is 1160. The number of hydrogen-bond donors (Lipinski definition) is 4. The van der Waals surface area contributed by atoms with Crippen LogP contribution in [0.15, 0.2) is 42.0 Å². The summed E-state index contributed by atoms with van der Waals surface area (Å²) >= 11 is 2.03. The minimum absolute atomic E-state index is 0.108. The van der Waals surface area contributed by atoms with Crippen LogP contribution in [0.1, 0.15) is 22.3 Å². The Morgan fingerprint density at radius 1 is 1.11 bits per heavy atom.